The van der Waals surface area contributed by atoms with E-state index >= 15 is 0 Å². The van der Waals surface area contributed by atoms with Crippen molar-refractivity contribution in [2.45, 2.75) is 44.7 Å². The quantitative estimate of drug-likeness (QED) is 0.507. The summed E-state index contributed by atoms with van der Waals surface area (Å²) in [5, 5.41) is 7.02. The van der Waals surface area contributed by atoms with Crippen LogP contribution in [0.5, 0.6) is 0 Å². The van der Waals surface area contributed by atoms with E-state index in [-0.39, 0.29) is 23.9 Å². The molecule has 3 heterocycles. The Bertz CT molecular complexity index is 1150. The van der Waals surface area contributed by atoms with Crippen LogP contribution in [0.3, 0.4) is 0 Å². The number of carbonyl (C=O) groups is 2. The summed E-state index contributed by atoms with van der Waals surface area (Å²) in [6, 6.07) is 7.37. The molecule has 2 amide bonds. The second kappa shape index (κ2) is 9.40. The number of nitrogens with one attached hydrogen (secondary N) is 2. The Balaban J connectivity index is 1.33. The Labute approximate surface area is 196 Å². The fourth-order valence-corrected chi connectivity index (χ4v) is 4.57. The molecule has 1 saturated carbocycles. The Hall–Kier alpha value is -2.39. The van der Waals surface area contributed by atoms with Gasteiger partial charge in [-0.25, -0.2) is 9.97 Å². The summed E-state index contributed by atoms with van der Waals surface area (Å²) in [6.07, 6.45) is 6.55. The first-order chi connectivity index (χ1) is 14.9. The van der Waals surface area contributed by atoms with Gasteiger partial charge in [0.1, 0.15) is 11.4 Å². The molecular formula is C22H21Br2N5O2. The first-order valence-corrected chi connectivity index (χ1v) is 11.6. The standard InChI is InChI=1S/C22H21Br2N5O2/c1-12-2-8-16(23)20(26-12)22(31)28-15-6-4-14(5-7-15)27-21(30)18-9-3-13-10-25-11-17(24)19(13)29-18/h2-3,8-11,14-15H,4-7H2,1H3,(H,27,30)(H,28,31). The smallest absolute Gasteiger partial charge is 0.271 e. The number of hydrogen-bond acceptors (Lipinski definition) is 5. The summed E-state index contributed by atoms with van der Waals surface area (Å²) in [6.45, 7) is 1.86. The molecule has 0 spiro atoms. The van der Waals surface area contributed by atoms with Gasteiger partial charge in [-0.3, -0.25) is 14.6 Å². The Morgan fingerprint density at radius 3 is 2.26 bits per heavy atom. The number of halogens is 2. The van der Waals surface area contributed by atoms with Crippen LogP contribution in [0.1, 0.15) is 52.4 Å². The molecule has 0 aromatic carbocycles. The lowest BCUT2D eigenvalue weighted by atomic mass is 9.91. The fourth-order valence-electron chi connectivity index (χ4n) is 3.73. The van der Waals surface area contributed by atoms with E-state index in [1.165, 1.54) is 0 Å². The maximum atomic E-state index is 12.7. The first-order valence-electron chi connectivity index (χ1n) is 10.1. The highest BCUT2D eigenvalue weighted by atomic mass is 79.9. The lowest BCUT2D eigenvalue weighted by molar-refractivity contribution is 0.0886. The maximum Gasteiger partial charge on any atom is 0.271 e. The van der Waals surface area contributed by atoms with Crippen LogP contribution in [0.15, 0.2) is 45.6 Å². The van der Waals surface area contributed by atoms with Crippen LogP contribution in [0.4, 0.5) is 0 Å². The normalized spacial score (nSPS) is 18.5. The second-order valence-corrected chi connectivity index (χ2v) is 9.38. The number of amides is 2. The molecule has 0 saturated heterocycles. The van der Waals surface area contributed by atoms with Crippen LogP contribution in [0.25, 0.3) is 10.9 Å². The average Bonchev–Trinajstić information content (AvgIpc) is 2.76. The number of hydrogen-bond donors (Lipinski definition) is 2. The first kappa shape index (κ1) is 21.8. The number of rotatable bonds is 4. The van der Waals surface area contributed by atoms with Crippen molar-refractivity contribution in [2.24, 2.45) is 0 Å². The van der Waals surface area contributed by atoms with E-state index in [0.29, 0.717) is 21.4 Å². The molecule has 0 aliphatic heterocycles. The molecule has 0 radical (unpaired) electrons. The molecular weight excluding hydrogens is 526 g/mol. The van der Waals surface area contributed by atoms with Gasteiger partial charge in [-0.15, -0.1) is 0 Å². The van der Waals surface area contributed by atoms with Gasteiger partial charge in [0.05, 0.1) is 9.99 Å². The van der Waals surface area contributed by atoms with Crippen molar-refractivity contribution in [3.05, 3.63) is 62.7 Å². The third-order valence-electron chi connectivity index (χ3n) is 5.38. The summed E-state index contributed by atoms with van der Waals surface area (Å²) in [4.78, 5) is 38.2. The molecule has 4 rings (SSSR count). The predicted octanol–water partition coefficient (Wildman–Crippen LogP) is 4.33. The van der Waals surface area contributed by atoms with Crippen molar-refractivity contribution < 1.29 is 9.59 Å². The summed E-state index contributed by atoms with van der Waals surface area (Å²) >= 11 is 6.82. The minimum atomic E-state index is -0.189. The zero-order valence-corrected chi connectivity index (χ0v) is 20.0. The van der Waals surface area contributed by atoms with Gasteiger partial charge in [0, 0.05) is 40.0 Å². The van der Waals surface area contributed by atoms with Crippen molar-refractivity contribution in [1.82, 2.24) is 25.6 Å². The molecule has 1 aliphatic carbocycles. The largest absolute Gasteiger partial charge is 0.348 e. The van der Waals surface area contributed by atoms with Crippen molar-refractivity contribution in [3.63, 3.8) is 0 Å². The summed E-state index contributed by atoms with van der Waals surface area (Å²) < 4.78 is 1.44. The molecule has 3 aromatic heterocycles. The molecule has 0 atom stereocenters. The molecule has 160 valence electrons. The van der Waals surface area contributed by atoms with Gasteiger partial charge >= 0.3 is 0 Å². The summed E-state index contributed by atoms with van der Waals surface area (Å²) in [5.41, 5.74) is 2.29. The van der Waals surface area contributed by atoms with E-state index in [1.54, 1.807) is 18.5 Å². The van der Waals surface area contributed by atoms with Crippen LogP contribution >= 0.6 is 31.9 Å². The Kier molecular flexibility index (Phi) is 6.62. The number of nitrogens with zero attached hydrogens (tertiary/aromatic N) is 3. The molecule has 1 aliphatic rings. The zero-order valence-electron chi connectivity index (χ0n) is 16.9. The number of carbonyl (C=O) groups excluding carboxylic acids is 2. The van der Waals surface area contributed by atoms with Gasteiger partial charge in [-0.05, 0) is 88.7 Å². The highest BCUT2D eigenvalue weighted by Crippen LogP contribution is 2.23. The molecule has 1 fully saturated rings. The SMILES string of the molecule is Cc1ccc(Br)c(C(=O)NC2CCC(NC(=O)c3ccc4cncc(Br)c4n3)CC2)n1. The molecule has 0 bridgehead atoms. The van der Waals surface area contributed by atoms with E-state index in [4.69, 9.17) is 0 Å². The van der Waals surface area contributed by atoms with Gasteiger partial charge in [0.2, 0.25) is 0 Å². The highest BCUT2D eigenvalue weighted by Gasteiger charge is 2.25. The van der Waals surface area contributed by atoms with E-state index in [0.717, 1.165) is 41.2 Å². The van der Waals surface area contributed by atoms with Crippen LogP contribution in [0, 0.1) is 6.92 Å². The van der Waals surface area contributed by atoms with Crippen molar-refractivity contribution in [3.8, 4) is 0 Å². The van der Waals surface area contributed by atoms with Gasteiger partial charge in [-0.1, -0.05) is 0 Å². The molecule has 3 aromatic rings. The van der Waals surface area contributed by atoms with Gasteiger partial charge in [-0.2, -0.15) is 0 Å². The van der Waals surface area contributed by atoms with Crippen molar-refractivity contribution in [2.75, 3.05) is 0 Å². The number of aromatic nitrogens is 3. The molecule has 2 N–H and O–H groups in total. The van der Waals surface area contributed by atoms with Crippen LogP contribution in [-0.4, -0.2) is 38.8 Å². The monoisotopic (exact) mass is 545 g/mol. The Morgan fingerprint density at radius 1 is 0.871 bits per heavy atom. The molecule has 0 unspecified atom stereocenters. The van der Waals surface area contributed by atoms with Crippen molar-refractivity contribution >= 4 is 54.6 Å². The number of fused-ring (bicyclic) bond motifs is 1. The van der Waals surface area contributed by atoms with Gasteiger partial charge in [0.15, 0.2) is 0 Å². The molecule has 7 nitrogen and oxygen atoms in total. The van der Waals surface area contributed by atoms with Crippen LogP contribution in [-0.2, 0) is 0 Å². The second-order valence-electron chi connectivity index (χ2n) is 7.67. The third kappa shape index (κ3) is 5.10. The summed E-state index contributed by atoms with van der Waals surface area (Å²) in [7, 11) is 0. The number of aryl methyl sites for hydroxylation is 1. The lowest BCUT2D eigenvalue weighted by Gasteiger charge is -2.29. The molecule has 31 heavy (non-hydrogen) atoms. The zero-order chi connectivity index (χ0) is 22.0. The predicted molar refractivity (Wildman–Crippen MR) is 125 cm³/mol. The minimum absolute atomic E-state index is 0.0582. The third-order valence-corrected chi connectivity index (χ3v) is 6.60. The van der Waals surface area contributed by atoms with Crippen LogP contribution in [0.2, 0.25) is 0 Å². The minimum Gasteiger partial charge on any atom is -0.348 e. The van der Waals surface area contributed by atoms with Crippen molar-refractivity contribution in [1.29, 1.82) is 0 Å². The number of pyridine rings is 3. The summed E-state index contributed by atoms with van der Waals surface area (Å²) in [5.74, 6) is -0.366. The van der Waals surface area contributed by atoms with E-state index < -0.39 is 0 Å². The van der Waals surface area contributed by atoms with E-state index in [2.05, 4.69) is 57.4 Å². The highest BCUT2D eigenvalue weighted by molar-refractivity contribution is 9.11. The average molecular weight is 547 g/mol. The van der Waals surface area contributed by atoms with E-state index in [1.807, 2.05) is 25.1 Å². The maximum absolute atomic E-state index is 12.7. The van der Waals surface area contributed by atoms with Gasteiger partial charge in [0.25, 0.3) is 11.8 Å². The van der Waals surface area contributed by atoms with Crippen LogP contribution < -0.4 is 10.6 Å². The topological polar surface area (TPSA) is 96.9 Å². The van der Waals surface area contributed by atoms with E-state index in [9.17, 15) is 9.59 Å². The van der Waals surface area contributed by atoms with Gasteiger partial charge < -0.3 is 10.6 Å². The fraction of sp³-hybridized carbons (Fsp3) is 0.318. The lowest BCUT2D eigenvalue weighted by Crippen LogP contribution is -2.44. The molecule has 9 heteroatoms. The Morgan fingerprint density at radius 2 is 1.55 bits per heavy atom.